The van der Waals surface area contributed by atoms with Gasteiger partial charge >= 0.3 is 5.97 Å². The number of rotatable bonds is 3. The number of fused-ring (bicyclic) bond motifs is 1. The van der Waals surface area contributed by atoms with Crippen molar-refractivity contribution >= 4 is 11.7 Å². The molecule has 1 unspecified atom stereocenters. The number of halogens is 1. The number of nitrogens with zero attached hydrogens (tertiary/aromatic N) is 1. The molecule has 1 aromatic carbocycles. The first-order chi connectivity index (χ1) is 7.74. The third kappa shape index (κ3) is 1.87. The van der Waals surface area contributed by atoms with Crippen LogP contribution in [-0.2, 0) is 4.79 Å². The van der Waals surface area contributed by atoms with E-state index in [4.69, 9.17) is 5.11 Å². The first-order valence-electron chi connectivity index (χ1n) is 5.36. The second kappa shape index (κ2) is 4.51. The summed E-state index contributed by atoms with van der Waals surface area (Å²) in [6.45, 7) is 0.535. The predicted octanol–water partition coefficient (Wildman–Crippen LogP) is 2.03. The molecule has 4 heteroatoms. The van der Waals surface area contributed by atoms with Crippen LogP contribution in [-0.4, -0.2) is 30.8 Å². The van der Waals surface area contributed by atoms with Gasteiger partial charge in [-0.2, -0.15) is 0 Å². The van der Waals surface area contributed by atoms with Crippen LogP contribution in [0, 0.1) is 0 Å². The molecule has 0 fully saturated rings. The third-order valence-corrected chi connectivity index (χ3v) is 2.99. The standard InChI is InChI=1S/C12H14FNO2/c13-6-8-14-7-5-10(12(15)16)9-3-1-2-4-11(9)14/h1-4,10H,5-8H2,(H,15,16). The third-order valence-electron chi connectivity index (χ3n) is 2.99. The fraction of sp³-hybridized carbons (Fsp3) is 0.417. The van der Waals surface area contributed by atoms with Crippen LogP contribution in [0.4, 0.5) is 10.1 Å². The molecule has 1 aliphatic rings. The summed E-state index contributed by atoms with van der Waals surface area (Å²) in [7, 11) is 0. The van der Waals surface area contributed by atoms with Gasteiger partial charge in [0, 0.05) is 18.8 Å². The number of carboxylic acids is 1. The van der Waals surface area contributed by atoms with E-state index in [0.717, 1.165) is 11.3 Å². The fourth-order valence-electron chi connectivity index (χ4n) is 2.22. The SMILES string of the molecule is O=C(O)C1CCN(CCF)c2ccccc21. The van der Waals surface area contributed by atoms with Crippen LogP contribution in [0.3, 0.4) is 0 Å². The van der Waals surface area contributed by atoms with Crippen LogP contribution in [0.15, 0.2) is 24.3 Å². The molecule has 0 aromatic heterocycles. The Balaban J connectivity index is 2.36. The average molecular weight is 223 g/mol. The summed E-state index contributed by atoms with van der Waals surface area (Å²) in [6.07, 6.45) is 0.548. The highest BCUT2D eigenvalue weighted by atomic mass is 19.1. The fourth-order valence-corrected chi connectivity index (χ4v) is 2.22. The summed E-state index contributed by atoms with van der Waals surface area (Å²) in [5.41, 5.74) is 1.66. The molecule has 1 aromatic rings. The van der Waals surface area contributed by atoms with Crippen LogP contribution in [0.5, 0.6) is 0 Å². The topological polar surface area (TPSA) is 40.5 Å². The number of benzene rings is 1. The number of carboxylic acid groups (broad SMARTS) is 1. The summed E-state index contributed by atoms with van der Waals surface area (Å²) in [6, 6.07) is 7.36. The largest absolute Gasteiger partial charge is 0.481 e. The molecule has 86 valence electrons. The molecule has 1 N–H and O–H groups in total. The summed E-state index contributed by atoms with van der Waals surface area (Å²) in [5.74, 6) is -1.25. The lowest BCUT2D eigenvalue weighted by Gasteiger charge is -2.33. The van der Waals surface area contributed by atoms with Crippen molar-refractivity contribution in [3.63, 3.8) is 0 Å². The molecule has 1 atom stereocenters. The van der Waals surface area contributed by atoms with Gasteiger partial charge in [0.15, 0.2) is 0 Å². The Labute approximate surface area is 93.5 Å². The van der Waals surface area contributed by atoms with Crippen molar-refractivity contribution in [1.29, 1.82) is 0 Å². The number of carbonyl (C=O) groups is 1. The molecule has 0 radical (unpaired) electrons. The molecular formula is C12H14FNO2. The van der Waals surface area contributed by atoms with E-state index in [9.17, 15) is 9.18 Å². The Kier molecular flexibility index (Phi) is 3.08. The monoisotopic (exact) mass is 223 g/mol. The molecular weight excluding hydrogens is 209 g/mol. The molecule has 2 rings (SSSR count). The first-order valence-corrected chi connectivity index (χ1v) is 5.36. The van der Waals surface area contributed by atoms with Crippen molar-refractivity contribution in [2.75, 3.05) is 24.7 Å². The van der Waals surface area contributed by atoms with Gasteiger partial charge in [-0.25, -0.2) is 4.39 Å². The summed E-state index contributed by atoms with van der Waals surface area (Å²) in [4.78, 5) is 13.0. The quantitative estimate of drug-likeness (QED) is 0.852. The van der Waals surface area contributed by atoms with Crippen molar-refractivity contribution in [2.24, 2.45) is 0 Å². The number of anilines is 1. The van der Waals surface area contributed by atoms with E-state index in [1.807, 2.05) is 29.2 Å². The van der Waals surface area contributed by atoms with Crippen LogP contribution in [0.1, 0.15) is 17.9 Å². The van der Waals surface area contributed by atoms with E-state index in [2.05, 4.69) is 0 Å². The van der Waals surface area contributed by atoms with Gasteiger partial charge in [-0.05, 0) is 18.1 Å². The average Bonchev–Trinajstić information content (AvgIpc) is 2.29. The van der Waals surface area contributed by atoms with Gasteiger partial charge in [-0.3, -0.25) is 4.79 Å². The smallest absolute Gasteiger partial charge is 0.311 e. The second-order valence-corrected chi connectivity index (χ2v) is 3.91. The van der Waals surface area contributed by atoms with E-state index in [0.29, 0.717) is 19.5 Å². The van der Waals surface area contributed by atoms with Gasteiger partial charge < -0.3 is 10.0 Å². The first kappa shape index (κ1) is 10.9. The zero-order chi connectivity index (χ0) is 11.5. The number of para-hydroxylation sites is 1. The molecule has 0 spiro atoms. The Morgan fingerprint density at radius 2 is 2.25 bits per heavy atom. The maximum atomic E-state index is 12.4. The lowest BCUT2D eigenvalue weighted by molar-refractivity contribution is -0.139. The van der Waals surface area contributed by atoms with Gasteiger partial charge in [-0.1, -0.05) is 18.2 Å². The number of aliphatic carboxylic acids is 1. The molecule has 0 aliphatic carbocycles. The normalized spacial score (nSPS) is 19.3. The number of hydrogen-bond donors (Lipinski definition) is 1. The van der Waals surface area contributed by atoms with Crippen LogP contribution in [0.25, 0.3) is 0 Å². The Bertz CT molecular complexity index is 394. The molecule has 16 heavy (non-hydrogen) atoms. The number of hydrogen-bond acceptors (Lipinski definition) is 2. The highest BCUT2D eigenvalue weighted by molar-refractivity contribution is 5.80. The van der Waals surface area contributed by atoms with Crippen molar-refractivity contribution in [1.82, 2.24) is 0 Å². The zero-order valence-corrected chi connectivity index (χ0v) is 8.90. The van der Waals surface area contributed by atoms with Crippen LogP contribution < -0.4 is 4.90 Å². The Morgan fingerprint density at radius 1 is 1.50 bits per heavy atom. The summed E-state index contributed by atoms with van der Waals surface area (Å²) < 4.78 is 12.4. The lowest BCUT2D eigenvalue weighted by atomic mass is 9.90. The van der Waals surface area contributed by atoms with Crippen molar-refractivity contribution in [2.45, 2.75) is 12.3 Å². The minimum absolute atomic E-state index is 0.337. The minimum Gasteiger partial charge on any atom is -0.481 e. The second-order valence-electron chi connectivity index (χ2n) is 3.91. The van der Waals surface area contributed by atoms with Gasteiger partial charge in [0.2, 0.25) is 0 Å². The van der Waals surface area contributed by atoms with E-state index in [-0.39, 0.29) is 0 Å². The van der Waals surface area contributed by atoms with Crippen molar-refractivity contribution in [3.8, 4) is 0 Å². The Morgan fingerprint density at radius 3 is 2.94 bits per heavy atom. The molecule has 1 aliphatic heterocycles. The van der Waals surface area contributed by atoms with Gasteiger partial charge in [0.1, 0.15) is 6.67 Å². The van der Waals surface area contributed by atoms with Gasteiger partial charge in [0.25, 0.3) is 0 Å². The highest BCUT2D eigenvalue weighted by Crippen LogP contribution is 2.34. The van der Waals surface area contributed by atoms with E-state index in [1.54, 1.807) is 0 Å². The van der Waals surface area contributed by atoms with Crippen molar-refractivity contribution in [3.05, 3.63) is 29.8 Å². The molecule has 1 heterocycles. The van der Waals surface area contributed by atoms with Gasteiger partial charge in [0.05, 0.1) is 5.92 Å². The van der Waals surface area contributed by atoms with E-state index in [1.165, 1.54) is 0 Å². The molecule has 0 saturated carbocycles. The van der Waals surface area contributed by atoms with E-state index < -0.39 is 18.6 Å². The van der Waals surface area contributed by atoms with Gasteiger partial charge in [-0.15, -0.1) is 0 Å². The minimum atomic E-state index is -0.799. The predicted molar refractivity (Wildman–Crippen MR) is 59.6 cm³/mol. The number of alkyl halides is 1. The zero-order valence-electron chi connectivity index (χ0n) is 8.90. The summed E-state index contributed by atoms with van der Waals surface area (Å²) >= 11 is 0. The van der Waals surface area contributed by atoms with Crippen molar-refractivity contribution < 1.29 is 14.3 Å². The van der Waals surface area contributed by atoms with Crippen LogP contribution >= 0.6 is 0 Å². The molecule has 3 nitrogen and oxygen atoms in total. The highest BCUT2D eigenvalue weighted by Gasteiger charge is 2.29. The van der Waals surface area contributed by atoms with E-state index >= 15 is 0 Å². The molecule has 0 amide bonds. The Hall–Kier alpha value is -1.58. The molecule has 0 bridgehead atoms. The molecule has 0 saturated heterocycles. The summed E-state index contributed by atoms with van der Waals surface area (Å²) in [5, 5.41) is 9.11. The van der Waals surface area contributed by atoms with Crippen LogP contribution in [0.2, 0.25) is 0 Å². The lowest BCUT2D eigenvalue weighted by Crippen LogP contribution is -2.34. The maximum Gasteiger partial charge on any atom is 0.311 e. The maximum absolute atomic E-state index is 12.4.